The highest BCUT2D eigenvalue weighted by atomic mass is 16.3. The number of benzene rings is 11. The van der Waals surface area contributed by atoms with E-state index in [0.717, 1.165) is 66.9 Å². The first-order valence-electron chi connectivity index (χ1n) is 22.9. The van der Waals surface area contributed by atoms with Crippen LogP contribution in [0.5, 0.6) is 0 Å². The smallest absolute Gasteiger partial charge is 0.136 e. The maximum Gasteiger partial charge on any atom is 0.136 e. The molecular formula is C64H42N2O. The van der Waals surface area contributed by atoms with Gasteiger partial charge in [0.25, 0.3) is 0 Å². The first-order chi connectivity index (χ1) is 33.2. The summed E-state index contributed by atoms with van der Waals surface area (Å²) in [5, 5.41) is 7.22. The third kappa shape index (κ3) is 6.59. The monoisotopic (exact) mass is 854 g/mol. The molecule has 0 N–H and O–H groups in total. The number of anilines is 3. The molecule has 11 aromatic carbocycles. The van der Waals surface area contributed by atoms with Crippen molar-refractivity contribution >= 4 is 71.6 Å². The van der Waals surface area contributed by atoms with Gasteiger partial charge < -0.3 is 13.9 Å². The average Bonchev–Trinajstić information content (AvgIpc) is 3.95. The number of hydrogen-bond acceptors (Lipinski definition) is 2. The minimum absolute atomic E-state index is 0.887. The fourth-order valence-corrected chi connectivity index (χ4v) is 10.3. The van der Waals surface area contributed by atoms with Crippen molar-refractivity contribution in [2.45, 2.75) is 0 Å². The fraction of sp³-hybridized carbons (Fsp3) is 0. The predicted octanol–water partition coefficient (Wildman–Crippen LogP) is 18.0. The number of rotatable bonds is 8. The summed E-state index contributed by atoms with van der Waals surface area (Å²) in [5.41, 5.74) is 17.9. The third-order valence-corrected chi connectivity index (χ3v) is 13.4. The summed E-state index contributed by atoms with van der Waals surface area (Å²) < 4.78 is 8.71. The number of aromatic nitrogens is 1. The molecule has 0 aliphatic rings. The summed E-state index contributed by atoms with van der Waals surface area (Å²) in [6, 6.07) is 91.9. The minimum atomic E-state index is 0.887. The SMILES string of the molecule is c1cc(-c2ccc(N(c3cccc(-c4cccc5oc6ccccc6c45)c3)c3ccccc3-c3cccc4ccccc34)cc2)cc(-c2ccc(-n3c4ccccc4c4ccccc43)cc2)c1. The zero-order chi connectivity index (χ0) is 44.3. The summed E-state index contributed by atoms with van der Waals surface area (Å²) in [6.45, 7) is 0. The van der Waals surface area contributed by atoms with Crippen molar-refractivity contribution in [2.24, 2.45) is 0 Å². The normalized spacial score (nSPS) is 11.6. The van der Waals surface area contributed by atoms with Gasteiger partial charge in [-0.05, 0) is 123 Å². The van der Waals surface area contributed by atoms with E-state index in [-0.39, 0.29) is 0 Å². The first-order valence-corrected chi connectivity index (χ1v) is 22.9. The van der Waals surface area contributed by atoms with E-state index in [9.17, 15) is 0 Å². The van der Waals surface area contributed by atoms with Crippen molar-refractivity contribution in [2.75, 3.05) is 4.90 Å². The Hall–Kier alpha value is -8.92. The van der Waals surface area contributed by atoms with E-state index in [4.69, 9.17) is 4.42 Å². The standard InChI is InChI=1S/C64H42N2O/c1-2-21-52-45(15-1)16-13-27-54(52)55-22-3-7-28-59(55)65(51-20-12-19-48(42-51)53-26-14-32-63-64(53)58-25-6-10-31-62(58)67-63)49-37-33-43(34-38-49)46-17-11-18-47(41-46)44-35-39-50(40-36-44)66-60-29-8-4-23-56(60)57-24-5-9-30-61(57)66/h1-42H. The van der Waals surface area contributed by atoms with Gasteiger partial charge in [-0.2, -0.15) is 0 Å². The maximum absolute atomic E-state index is 6.34. The minimum Gasteiger partial charge on any atom is -0.456 e. The van der Waals surface area contributed by atoms with Gasteiger partial charge in [-0.25, -0.2) is 0 Å². The van der Waals surface area contributed by atoms with E-state index in [1.54, 1.807) is 0 Å². The summed E-state index contributed by atoms with van der Waals surface area (Å²) in [7, 11) is 0. The molecule has 3 heteroatoms. The van der Waals surface area contributed by atoms with Crippen LogP contribution in [0.2, 0.25) is 0 Å². The zero-order valence-electron chi connectivity index (χ0n) is 36.6. The molecule has 2 heterocycles. The number of furan rings is 1. The van der Waals surface area contributed by atoms with Crippen molar-refractivity contribution in [3.63, 3.8) is 0 Å². The lowest BCUT2D eigenvalue weighted by Crippen LogP contribution is -2.11. The highest BCUT2D eigenvalue weighted by Crippen LogP contribution is 2.45. The third-order valence-electron chi connectivity index (χ3n) is 13.4. The first kappa shape index (κ1) is 38.5. The number of hydrogen-bond donors (Lipinski definition) is 0. The average molecular weight is 855 g/mol. The Kier molecular flexibility index (Phi) is 9.17. The lowest BCUT2D eigenvalue weighted by molar-refractivity contribution is 0.669. The predicted molar refractivity (Wildman–Crippen MR) is 282 cm³/mol. The number of nitrogens with zero attached hydrogens (tertiary/aromatic N) is 2. The Bertz CT molecular complexity index is 3930. The molecule has 0 unspecified atom stereocenters. The second kappa shape index (κ2) is 16.0. The van der Waals surface area contributed by atoms with Crippen LogP contribution < -0.4 is 4.90 Å². The van der Waals surface area contributed by atoms with Gasteiger partial charge in [0.05, 0.1) is 16.7 Å². The number of para-hydroxylation sites is 4. The van der Waals surface area contributed by atoms with E-state index in [1.165, 1.54) is 54.8 Å². The van der Waals surface area contributed by atoms with Crippen molar-refractivity contribution in [3.05, 3.63) is 255 Å². The van der Waals surface area contributed by atoms with E-state index in [0.29, 0.717) is 0 Å². The molecule has 0 saturated carbocycles. The molecule has 67 heavy (non-hydrogen) atoms. The van der Waals surface area contributed by atoms with E-state index in [1.807, 2.05) is 12.1 Å². The Morgan fingerprint density at radius 2 is 0.851 bits per heavy atom. The number of fused-ring (bicyclic) bond motifs is 7. The lowest BCUT2D eigenvalue weighted by atomic mass is 9.95. The van der Waals surface area contributed by atoms with Gasteiger partial charge in [0.1, 0.15) is 11.2 Å². The van der Waals surface area contributed by atoms with E-state index >= 15 is 0 Å². The molecule has 0 aliphatic carbocycles. The summed E-state index contributed by atoms with van der Waals surface area (Å²) in [4.78, 5) is 2.41. The molecule has 3 nitrogen and oxygen atoms in total. The van der Waals surface area contributed by atoms with Crippen LogP contribution in [0.1, 0.15) is 0 Å². The molecule has 13 rings (SSSR count). The van der Waals surface area contributed by atoms with Crippen LogP contribution >= 0.6 is 0 Å². The second-order valence-electron chi connectivity index (χ2n) is 17.3. The molecule has 0 saturated heterocycles. The van der Waals surface area contributed by atoms with Crippen LogP contribution in [-0.4, -0.2) is 4.57 Å². The molecule has 314 valence electrons. The van der Waals surface area contributed by atoms with Crippen LogP contribution in [0.25, 0.3) is 105 Å². The molecule has 0 spiro atoms. The van der Waals surface area contributed by atoms with Crippen LogP contribution in [0.4, 0.5) is 17.1 Å². The maximum atomic E-state index is 6.34. The molecule has 13 aromatic rings. The van der Waals surface area contributed by atoms with Crippen molar-refractivity contribution < 1.29 is 4.42 Å². The van der Waals surface area contributed by atoms with Gasteiger partial charge in [0.15, 0.2) is 0 Å². The molecule has 0 bridgehead atoms. The van der Waals surface area contributed by atoms with Crippen molar-refractivity contribution in [3.8, 4) is 50.2 Å². The fourth-order valence-electron chi connectivity index (χ4n) is 10.3. The Balaban J connectivity index is 0.897. The summed E-state index contributed by atoms with van der Waals surface area (Å²) in [5.74, 6) is 0. The Morgan fingerprint density at radius 3 is 1.63 bits per heavy atom. The molecule has 2 aromatic heterocycles. The van der Waals surface area contributed by atoms with E-state index in [2.05, 4.69) is 252 Å². The van der Waals surface area contributed by atoms with Gasteiger partial charge in [-0.15, -0.1) is 0 Å². The molecule has 0 fully saturated rings. The highest BCUT2D eigenvalue weighted by molar-refractivity contribution is 6.13. The second-order valence-corrected chi connectivity index (χ2v) is 17.3. The Labute approximate surface area is 388 Å². The van der Waals surface area contributed by atoms with Crippen LogP contribution in [0.3, 0.4) is 0 Å². The van der Waals surface area contributed by atoms with Gasteiger partial charge in [-0.3, -0.25) is 0 Å². The van der Waals surface area contributed by atoms with Crippen LogP contribution in [-0.2, 0) is 0 Å². The molecule has 0 atom stereocenters. The summed E-state index contributed by atoms with van der Waals surface area (Å²) in [6.07, 6.45) is 0. The van der Waals surface area contributed by atoms with Gasteiger partial charge in [0, 0.05) is 44.2 Å². The quantitative estimate of drug-likeness (QED) is 0.152. The van der Waals surface area contributed by atoms with Crippen molar-refractivity contribution in [1.82, 2.24) is 4.57 Å². The van der Waals surface area contributed by atoms with Gasteiger partial charge in [-0.1, -0.05) is 182 Å². The van der Waals surface area contributed by atoms with Crippen molar-refractivity contribution in [1.29, 1.82) is 0 Å². The molecule has 0 radical (unpaired) electrons. The van der Waals surface area contributed by atoms with Crippen LogP contribution in [0, 0.1) is 0 Å². The lowest BCUT2D eigenvalue weighted by Gasteiger charge is -2.29. The summed E-state index contributed by atoms with van der Waals surface area (Å²) >= 11 is 0. The van der Waals surface area contributed by atoms with Crippen LogP contribution in [0.15, 0.2) is 259 Å². The van der Waals surface area contributed by atoms with Gasteiger partial charge in [0.2, 0.25) is 0 Å². The highest BCUT2D eigenvalue weighted by Gasteiger charge is 2.20. The molecule has 0 amide bonds. The molecule has 0 aliphatic heterocycles. The Morgan fingerprint density at radius 1 is 0.313 bits per heavy atom. The largest absolute Gasteiger partial charge is 0.456 e. The topological polar surface area (TPSA) is 21.3 Å². The van der Waals surface area contributed by atoms with Gasteiger partial charge >= 0.3 is 0 Å². The molecular weight excluding hydrogens is 813 g/mol. The zero-order valence-corrected chi connectivity index (χ0v) is 36.6. The van der Waals surface area contributed by atoms with E-state index < -0.39 is 0 Å².